The van der Waals surface area contributed by atoms with Gasteiger partial charge in [-0.1, -0.05) is 0 Å². The molecule has 2 aromatic heterocycles. The highest BCUT2D eigenvalue weighted by Gasteiger charge is 2.00. The van der Waals surface area contributed by atoms with Crippen molar-refractivity contribution >= 4 is 34.2 Å². The molecule has 0 unspecified atom stereocenters. The maximum atomic E-state index is 5.50. The monoisotopic (exact) mass is 261 g/mol. The van der Waals surface area contributed by atoms with E-state index in [4.69, 9.17) is 5.73 Å². The first kappa shape index (κ1) is 6.77. The van der Waals surface area contributed by atoms with Crippen LogP contribution in [0.4, 0.5) is 5.95 Å². The van der Waals surface area contributed by atoms with Crippen LogP contribution in [-0.2, 0) is 0 Å². The molecule has 0 saturated heterocycles. The number of halogens is 1. The van der Waals surface area contributed by atoms with Crippen LogP contribution in [0.3, 0.4) is 0 Å². The zero-order valence-corrected chi connectivity index (χ0v) is 7.56. The van der Waals surface area contributed by atoms with Gasteiger partial charge in [-0.05, 0) is 22.6 Å². The number of hydrogen-bond donors (Lipinski definition) is 1. The number of hydrogen-bond acceptors (Lipinski definition) is 4. The maximum Gasteiger partial charge on any atom is 0.226 e. The molecule has 56 valence electrons. The minimum atomic E-state index is 0.389. The van der Waals surface area contributed by atoms with Crippen molar-refractivity contribution in [3.63, 3.8) is 0 Å². The van der Waals surface area contributed by atoms with Gasteiger partial charge in [0.25, 0.3) is 0 Å². The number of aromatic nitrogens is 4. The third-order valence-electron chi connectivity index (χ3n) is 1.29. The average Bonchev–Trinajstić information content (AvgIpc) is 2.33. The smallest absolute Gasteiger partial charge is 0.226 e. The lowest BCUT2D eigenvalue weighted by atomic mass is 10.7. The highest BCUT2D eigenvalue weighted by atomic mass is 127. The highest BCUT2D eigenvalue weighted by molar-refractivity contribution is 14.1. The quantitative estimate of drug-likeness (QED) is 0.693. The van der Waals surface area contributed by atoms with E-state index >= 15 is 0 Å². The van der Waals surface area contributed by atoms with Gasteiger partial charge in [-0.15, -0.1) is 10.2 Å². The summed E-state index contributed by atoms with van der Waals surface area (Å²) in [4.78, 5) is 4.03. The van der Waals surface area contributed by atoms with Crippen molar-refractivity contribution in [2.24, 2.45) is 0 Å². The van der Waals surface area contributed by atoms with Crippen molar-refractivity contribution < 1.29 is 0 Å². The normalized spacial score (nSPS) is 10.6. The Morgan fingerprint density at radius 3 is 3.09 bits per heavy atom. The summed E-state index contributed by atoms with van der Waals surface area (Å²) in [6.45, 7) is 0. The molecule has 0 fully saturated rings. The van der Waals surface area contributed by atoms with Crippen LogP contribution in [0.1, 0.15) is 0 Å². The van der Waals surface area contributed by atoms with E-state index in [1.807, 2.05) is 0 Å². The maximum absolute atomic E-state index is 5.50. The Hall–Kier alpha value is -0.920. The largest absolute Gasteiger partial charge is 0.368 e. The molecule has 5 nitrogen and oxygen atoms in total. The summed E-state index contributed by atoms with van der Waals surface area (Å²) in [6.07, 6.45) is 3.41. The molecular formula is C5H4IN5. The average molecular weight is 261 g/mol. The molecule has 0 aromatic carbocycles. The first-order valence-corrected chi connectivity index (χ1v) is 3.97. The zero-order valence-electron chi connectivity index (χ0n) is 5.40. The van der Waals surface area contributed by atoms with E-state index in [-0.39, 0.29) is 0 Å². The highest BCUT2D eigenvalue weighted by Crippen LogP contribution is 2.05. The van der Waals surface area contributed by atoms with E-state index in [2.05, 4.69) is 37.8 Å². The van der Waals surface area contributed by atoms with E-state index in [0.29, 0.717) is 11.6 Å². The fourth-order valence-electron chi connectivity index (χ4n) is 0.796. The Kier molecular flexibility index (Phi) is 1.41. The minimum Gasteiger partial charge on any atom is -0.368 e. The Balaban J connectivity index is 2.87. The van der Waals surface area contributed by atoms with Gasteiger partial charge in [-0.25, -0.2) is 4.98 Å². The van der Waals surface area contributed by atoms with Gasteiger partial charge in [0.15, 0.2) is 5.65 Å². The second-order valence-electron chi connectivity index (χ2n) is 2.00. The molecule has 0 aliphatic heterocycles. The van der Waals surface area contributed by atoms with Gasteiger partial charge in [0, 0.05) is 6.20 Å². The summed E-state index contributed by atoms with van der Waals surface area (Å²) in [5.41, 5.74) is 6.17. The molecule has 0 radical (unpaired) electrons. The molecule has 0 aliphatic rings. The van der Waals surface area contributed by atoms with E-state index in [1.165, 1.54) is 0 Å². The first-order valence-electron chi connectivity index (χ1n) is 2.89. The SMILES string of the molecule is Nc1nnc2cnc(I)cn12. The Morgan fingerprint density at radius 2 is 2.27 bits per heavy atom. The third-order valence-corrected chi connectivity index (χ3v) is 1.84. The summed E-state index contributed by atoms with van der Waals surface area (Å²) < 4.78 is 2.55. The van der Waals surface area contributed by atoms with Crippen molar-refractivity contribution in [3.05, 3.63) is 16.1 Å². The number of nitrogen functional groups attached to an aromatic ring is 1. The molecular weight excluding hydrogens is 257 g/mol. The van der Waals surface area contributed by atoms with E-state index in [0.717, 1.165) is 3.70 Å². The van der Waals surface area contributed by atoms with Crippen LogP contribution < -0.4 is 5.73 Å². The number of rotatable bonds is 0. The molecule has 0 saturated carbocycles. The fourth-order valence-corrected chi connectivity index (χ4v) is 1.21. The van der Waals surface area contributed by atoms with Crippen molar-refractivity contribution in [1.29, 1.82) is 0 Å². The molecule has 0 aliphatic carbocycles. The summed E-state index contributed by atoms with van der Waals surface area (Å²) in [7, 11) is 0. The number of nitrogens with two attached hydrogens (primary N) is 1. The van der Waals surface area contributed by atoms with Crippen molar-refractivity contribution in [2.75, 3.05) is 5.73 Å². The molecule has 2 N–H and O–H groups in total. The molecule has 2 aromatic rings. The number of fused-ring (bicyclic) bond motifs is 1. The Bertz CT molecular complexity index is 395. The lowest BCUT2D eigenvalue weighted by Gasteiger charge is -1.92. The molecule has 6 heteroatoms. The van der Waals surface area contributed by atoms with Gasteiger partial charge in [0.05, 0.1) is 6.20 Å². The molecule has 2 rings (SSSR count). The van der Waals surface area contributed by atoms with Crippen LogP contribution >= 0.6 is 22.6 Å². The second-order valence-corrected chi connectivity index (χ2v) is 3.10. The van der Waals surface area contributed by atoms with Gasteiger partial charge in [-0.3, -0.25) is 4.40 Å². The summed E-state index contributed by atoms with van der Waals surface area (Å²) >= 11 is 2.10. The molecule has 0 spiro atoms. The van der Waals surface area contributed by atoms with E-state index in [9.17, 15) is 0 Å². The molecule has 0 atom stereocenters. The lowest BCUT2D eigenvalue weighted by molar-refractivity contribution is 1.10. The van der Waals surface area contributed by atoms with Crippen LogP contribution in [0.5, 0.6) is 0 Å². The topological polar surface area (TPSA) is 69.1 Å². The van der Waals surface area contributed by atoms with Crippen molar-refractivity contribution in [1.82, 2.24) is 19.6 Å². The third kappa shape index (κ3) is 1.02. The summed E-state index contributed by atoms with van der Waals surface area (Å²) in [5.74, 6) is 0.389. The predicted molar refractivity (Wildman–Crippen MR) is 47.9 cm³/mol. The first-order chi connectivity index (χ1) is 5.27. The number of anilines is 1. The van der Waals surface area contributed by atoms with Gasteiger partial charge in [-0.2, -0.15) is 0 Å². The minimum absolute atomic E-state index is 0.389. The molecule has 0 amide bonds. The van der Waals surface area contributed by atoms with Crippen molar-refractivity contribution in [3.8, 4) is 0 Å². The standard InChI is InChI=1S/C5H4IN5/c6-3-2-11-4(1-8-3)9-10-5(11)7/h1-2H,(H2,7,10). The van der Waals surface area contributed by atoms with Crippen LogP contribution in [-0.4, -0.2) is 19.6 Å². The Labute approximate surface area is 75.8 Å². The van der Waals surface area contributed by atoms with Crippen LogP contribution in [0.15, 0.2) is 12.4 Å². The molecule has 0 bridgehead atoms. The summed E-state index contributed by atoms with van der Waals surface area (Å²) in [5, 5.41) is 7.47. The van der Waals surface area contributed by atoms with Crippen molar-refractivity contribution in [2.45, 2.75) is 0 Å². The van der Waals surface area contributed by atoms with Gasteiger partial charge in [0.1, 0.15) is 3.70 Å². The van der Waals surface area contributed by atoms with Gasteiger partial charge in [0.2, 0.25) is 5.95 Å². The Morgan fingerprint density at radius 1 is 1.45 bits per heavy atom. The fraction of sp³-hybridized carbons (Fsp3) is 0. The van der Waals surface area contributed by atoms with E-state index < -0.39 is 0 Å². The number of nitrogens with zero attached hydrogens (tertiary/aromatic N) is 4. The van der Waals surface area contributed by atoms with Crippen LogP contribution in [0.25, 0.3) is 5.65 Å². The second kappa shape index (κ2) is 2.29. The lowest BCUT2D eigenvalue weighted by Crippen LogP contribution is -1.95. The molecule has 2 heterocycles. The van der Waals surface area contributed by atoms with Crippen LogP contribution in [0.2, 0.25) is 0 Å². The molecule has 11 heavy (non-hydrogen) atoms. The van der Waals surface area contributed by atoms with Gasteiger partial charge < -0.3 is 5.73 Å². The van der Waals surface area contributed by atoms with Crippen LogP contribution in [0, 0.1) is 3.70 Å². The van der Waals surface area contributed by atoms with E-state index in [1.54, 1.807) is 16.8 Å². The summed E-state index contributed by atoms with van der Waals surface area (Å²) in [6, 6.07) is 0. The zero-order chi connectivity index (χ0) is 7.84. The predicted octanol–water partition coefficient (Wildman–Crippen LogP) is 0.311. The van der Waals surface area contributed by atoms with Gasteiger partial charge >= 0.3 is 0 Å².